The molecular formula is C14H17ClN4. The van der Waals surface area contributed by atoms with Crippen molar-refractivity contribution in [2.75, 3.05) is 5.32 Å². The number of anilines is 1. The highest BCUT2D eigenvalue weighted by Gasteiger charge is 2.09. The topological polar surface area (TPSA) is 50.7 Å². The number of rotatable bonds is 4. The van der Waals surface area contributed by atoms with Crippen LogP contribution in [0.4, 0.5) is 5.82 Å². The average Bonchev–Trinajstić information content (AvgIpc) is 2.42. The van der Waals surface area contributed by atoms with Gasteiger partial charge in [0, 0.05) is 18.2 Å². The van der Waals surface area contributed by atoms with E-state index in [4.69, 9.17) is 11.6 Å². The zero-order valence-corrected chi connectivity index (χ0v) is 12.1. The fraction of sp³-hybridized carbons (Fsp3) is 0.357. The van der Waals surface area contributed by atoms with Crippen molar-refractivity contribution in [3.05, 3.63) is 46.1 Å². The minimum absolute atomic E-state index is 0.507. The first kappa shape index (κ1) is 13.7. The van der Waals surface area contributed by atoms with Crippen molar-refractivity contribution in [2.24, 2.45) is 0 Å². The van der Waals surface area contributed by atoms with Gasteiger partial charge in [0.25, 0.3) is 0 Å². The van der Waals surface area contributed by atoms with Gasteiger partial charge in [-0.1, -0.05) is 24.6 Å². The summed E-state index contributed by atoms with van der Waals surface area (Å²) in [5, 5.41) is 3.79. The third kappa shape index (κ3) is 3.20. The minimum atomic E-state index is 0.507. The van der Waals surface area contributed by atoms with Crippen LogP contribution in [0.25, 0.3) is 0 Å². The zero-order valence-electron chi connectivity index (χ0n) is 11.4. The monoisotopic (exact) mass is 276 g/mol. The minimum Gasteiger partial charge on any atom is -0.364 e. The average molecular weight is 277 g/mol. The number of nitrogens with one attached hydrogen (secondary N) is 1. The first-order valence-electron chi connectivity index (χ1n) is 6.29. The van der Waals surface area contributed by atoms with Crippen LogP contribution in [-0.2, 0) is 13.0 Å². The molecule has 2 heterocycles. The largest absolute Gasteiger partial charge is 0.364 e. The van der Waals surface area contributed by atoms with E-state index in [1.165, 1.54) is 0 Å². The van der Waals surface area contributed by atoms with Gasteiger partial charge in [-0.05, 0) is 25.5 Å². The predicted octanol–water partition coefficient (Wildman–Crippen LogP) is 3.32. The van der Waals surface area contributed by atoms with Crippen molar-refractivity contribution in [3.63, 3.8) is 0 Å². The molecule has 0 saturated carbocycles. The van der Waals surface area contributed by atoms with Crippen LogP contribution >= 0.6 is 11.6 Å². The molecule has 0 amide bonds. The lowest BCUT2D eigenvalue weighted by atomic mass is 10.2. The Morgan fingerprint density at radius 1 is 1.26 bits per heavy atom. The van der Waals surface area contributed by atoms with Crippen LogP contribution < -0.4 is 5.32 Å². The third-order valence-corrected chi connectivity index (χ3v) is 3.36. The first-order valence-corrected chi connectivity index (χ1v) is 6.67. The molecule has 0 bridgehead atoms. The Kier molecular flexibility index (Phi) is 4.32. The highest BCUT2D eigenvalue weighted by Crippen LogP contribution is 2.20. The molecule has 0 aliphatic rings. The van der Waals surface area contributed by atoms with Crippen LogP contribution in [0.1, 0.15) is 29.6 Å². The molecule has 1 N–H and O–H groups in total. The van der Waals surface area contributed by atoms with Crippen LogP contribution in [0.5, 0.6) is 0 Å². The molecule has 0 aliphatic heterocycles. The fourth-order valence-electron chi connectivity index (χ4n) is 1.73. The van der Waals surface area contributed by atoms with E-state index in [0.717, 1.165) is 34.9 Å². The number of halogens is 1. The highest BCUT2D eigenvalue weighted by atomic mass is 35.5. The summed E-state index contributed by atoms with van der Waals surface area (Å²) in [6.07, 6.45) is 2.55. The van der Waals surface area contributed by atoms with Crippen LogP contribution in [0.3, 0.4) is 0 Å². The molecule has 0 aromatic carbocycles. The van der Waals surface area contributed by atoms with Crippen molar-refractivity contribution in [1.82, 2.24) is 15.0 Å². The molecule has 0 radical (unpaired) electrons. The summed E-state index contributed by atoms with van der Waals surface area (Å²) < 4.78 is 0. The van der Waals surface area contributed by atoms with Crippen molar-refractivity contribution < 1.29 is 0 Å². The van der Waals surface area contributed by atoms with Gasteiger partial charge >= 0.3 is 0 Å². The first-order chi connectivity index (χ1) is 9.11. The molecule has 2 rings (SSSR count). The van der Waals surface area contributed by atoms with Gasteiger partial charge in [-0.25, -0.2) is 9.97 Å². The second-order valence-corrected chi connectivity index (χ2v) is 4.74. The summed E-state index contributed by atoms with van der Waals surface area (Å²) in [7, 11) is 0. The maximum atomic E-state index is 6.10. The lowest BCUT2D eigenvalue weighted by Gasteiger charge is -2.11. The van der Waals surface area contributed by atoms with Gasteiger partial charge < -0.3 is 5.32 Å². The molecule has 0 atom stereocenters. The number of aromatic nitrogens is 3. The molecule has 100 valence electrons. The van der Waals surface area contributed by atoms with Gasteiger partial charge in [0.15, 0.2) is 0 Å². The maximum absolute atomic E-state index is 6.10. The fourth-order valence-corrected chi connectivity index (χ4v) is 1.92. The Balaban J connectivity index is 2.20. The van der Waals surface area contributed by atoms with Gasteiger partial charge in [0.05, 0.1) is 12.2 Å². The van der Waals surface area contributed by atoms with Gasteiger partial charge in [-0.3, -0.25) is 4.98 Å². The summed E-state index contributed by atoms with van der Waals surface area (Å²) in [5.74, 6) is 1.53. The van der Waals surface area contributed by atoms with E-state index in [9.17, 15) is 0 Å². The molecule has 19 heavy (non-hydrogen) atoms. The van der Waals surface area contributed by atoms with Gasteiger partial charge in [0.1, 0.15) is 16.8 Å². The number of nitrogens with zero attached hydrogens (tertiary/aromatic N) is 3. The molecule has 0 spiro atoms. The van der Waals surface area contributed by atoms with E-state index in [0.29, 0.717) is 11.7 Å². The van der Waals surface area contributed by atoms with Crippen molar-refractivity contribution in [2.45, 2.75) is 33.7 Å². The number of aryl methyl sites for hydroxylation is 2. The number of hydrogen-bond donors (Lipinski definition) is 1. The van der Waals surface area contributed by atoms with Crippen molar-refractivity contribution >= 4 is 17.4 Å². The molecule has 0 unspecified atom stereocenters. The molecule has 2 aromatic heterocycles. The van der Waals surface area contributed by atoms with E-state index in [1.54, 1.807) is 6.20 Å². The Morgan fingerprint density at radius 2 is 2.05 bits per heavy atom. The molecule has 2 aromatic rings. The summed E-state index contributed by atoms with van der Waals surface area (Å²) >= 11 is 6.10. The Hall–Kier alpha value is -1.68. The molecule has 0 aliphatic carbocycles. The van der Waals surface area contributed by atoms with Crippen LogP contribution in [-0.4, -0.2) is 15.0 Å². The van der Waals surface area contributed by atoms with Gasteiger partial charge in [-0.15, -0.1) is 0 Å². The Labute approximate surface area is 118 Å². The Bertz CT molecular complexity index is 584. The normalized spacial score (nSPS) is 10.5. The quantitative estimate of drug-likeness (QED) is 0.871. The number of hydrogen-bond acceptors (Lipinski definition) is 4. The summed E-state index contributed by atoms with van der Waals surface area (Å²) in [6, 6.07) is 3.97. The molecular weight excluding hydrogens is 260 g/mol. The third-order valence-electron chi connectivity index (χ3n) is 2.99. The summed E-state index contributed by atoms with van der Waals surface area (Å²) in [6.45, 7) is 6.59. The van der Waals surface area contributed by atoms with Gasteiger partial charge in [-0.2, -0.15) is 0 Å². The van der Waals surface area contributed by atoms with Crippen molar-refractivity contribution in [1.29, 1.82) is 0 Å². The lowest BCUT2D eigenvalue weighted by molar-refractivity contribution is 0.915. The van der Waals surface area contributed by atoms with Crippen LogP contribution in [0.15, 0.2) is 18.3 Å². The second-order valence-electron chi connectivity index (χ2n) is 4.38. The zero-order chi connectivity index (χ0) is 13.8. The maximum Gasteiger partial charge on any atom is 0.137 e. The van der Waals surface area contributed by atoms with E-state index in [-0.39, 0.29) is 0 Å². The molecule has 0 saturated heterocycles. The highest BCUT2D eigenvalue weighted by molar-refractivity contribution is 6.30. The predicted molar refractivity (Wildman–Crippen MR) is 77.5 cm³/mol. The van der Waals surface area contributed by atoms with Gasteiger partial charge in [0.2, 0.25) is 0 Å². The van der Waals surface area contributed by atoms with Crippen LogP contribution in [0.2, 0.25) is 5.15 Å². The summed E-state index contributed by atoms with van der Waals surface area (Å²) in [5.41, 5.74) is 3.03. The van der Waals surface area contributed by atoms with E-state index >= 15 is 0 Å². The lowest BCUT2D eigenvalue weighted by Crippen LogP contribution is -2.08. The van der Waals surface area contributed by atoms with E-state index < -0.39 is 0 Å². The molecule has 0 fully saturated rings. The standard InChI is InChI=1S/C14H17ClN4/c1-4-12-18-13(15)10(3)14(19-12)17-8-11-9(2)6-5-7-16-11/h5-7H,4,8H2,1-3H3,(H,17,18,19). The van der Waals surface area contributed by atoms with E-state index in [1.807, 2.05) is 32.9 Å². The van der Waals surface area contributed by atoms with Crippen molar-refractivity contribution in [3.8, 4) is 0 Å². The Morgan fingerprint density at radius 3 is 2.74 bits per heavy atom. The SMILES string of the molecule is CCc1nc(Cl)c(C)c(NCc2ncccc2C)n1. The molecule has 5 heteroatoms. The number of pyridine rings is 1. The van der Waals surface area contributed by atoms with E-state index in [2.05, 4.69) is 20.3 Å². The van der Waals surface area contributed by atoms with Crippen LogP contribution in [0, 0.1) is 13.8 Å². The second kappa shape index (κ2) is 5.97. The summed E-state index contributed by atoms with van der Waals surface area (Å²) in [4.78, 5) is 13.0. The smallest absolute Gasteiger partial charge is 0.137 e. The molecule has 4 nitrogen and oxygen atoms in total.